The highest BCUT2D eigenvalue weighted by molar-refractivity contribution is 6.30. The minimum Gasteiger partial charge on any atom is -0.381 e. The number of nitrogens with zero attached hydrogens (tertiary/aromatic N) is 1. The second-order valence-electron chi connectivity index (χ2n) is 3.55. The Morgan fingerprint density at radius 1 is 1.27 bits per heavy atom. The van der Waals surface area contributed by atoms with Gasteiger partial charge in [-0.15, -0.1) is 0 Å². The summed E-state index contributed by atoms with van der Waals surface area (Å²) in [6.07, 6.45) is 1.61. The molecule has 1 aromatic rings. The van der Waals surface area contributed by atoms with Crippen LogP contribution in [0.1, 0.15) is 17.3 Å². The zero-order chi connectivity index (χ0) is 11.4. The van der Waals surface area contributed by atoms with Crippen molar-refractivity contribution in [2.75, 3.05) is 14.1 Å². The second kappa shape index (κ2) is 4.99. The summed E-state index contributed by atoms with van der Waals surface area (Å²) in [5.74, 6) is -0.00198. The van der Waals surface area contributed by atoms with Crippen LogP contribution in [0.25, 0.3) is 0 Å². The predicted octanol–water partition coefficient (Wildman–Crippen LogP) is 2.99. The highest BCUT2D eigenvalue weighted by Gasteiger charge is 2.03. The number of carbonyl (C=O) groups is 1. The first-order valence-electron chi connectivity index (χ1n) is 4.66. The van der Waals surface area contributed by atoms with Crippen molar-refractivity contribution in [3.05, 3.63) is 46.6 Å². The van der Waals surface area contributed by atoms with Crippen LogP contribution in [0.4, 0.5) is 0 Å². The molecular weight excluding hydrogens is 210 g/mol. The third-order valence-corrected chi connectivity index (χ3v) is 2.43. The van der Waals surface area contributed by atoms with Crippen molar-refractivity contribution in [1.29, 1.82) is 0 Å². The summed E-state index contributed by atoms with van der Waals surface area (Å²) in [5.41, 5.74) is 1.58. The van der Waals surface area contributed by atoms with E-state index in [2.05, 4.69) is 0 Å². The minimum absolute atomic E-state index is 0.00198. The van der Waals surface area contributed by atoms with E-state index in [0.29, 0.717) is 10.6 Å². The topological polar surface area (TPSA) is 20.3 Å². The van der Waals surface area contributed by atoms with E-state index >= 15 is 0 Å². The normalized spacial score (nSPS) is 11.3. The molecule has 0 aliphatic rings. The zero-order valence-corrected chi connectivity index (χ0v) is 9.88. The number of allylic oxidation sites excluding steroid dienone is 2. The maximum atomic E-state index is 11.7. The molecule has 0 bridgehead atoms. The molecule has 0 amide bonds. The lowest BCUT2D eigenvalue weighted by molar-refractivity contribution is 0.104. The van der Waals surface area contributed by atoms with Gasteiger partial charge in [0, 0.05) is 36.5 Å². The number of ketones is 1. The van der Waals surface area contributed by atoms with E-state index in [-0.39, 0.29) is 5.78 Å². The Morgan fingerprint density at radius 2 is 1.80 bits per heavy atom. The van der Waals surface area contributed by atoms with Crippen LogP contribution in [0.5, 0.6) is 0 Å². The van der Waals surface area contributed by atoms with E-state index in [1.807, 2.05) is 25.9 Å². The molecule has 2 nitrogen and oxygen atoms in total. The Balaban J connectivity index is 2.86. The Kier molecular flexibility index (Phi) is 3.92. The van der Waals surface area contributed by atoms with E-state index in [4.69, 9.17) is 11.6 Å². The van der Waals surface area contributed by atoms with Crippen LogP contribution >= 0.6 is 11.6 Å². The molecule has 15 heavy (non-hydrogen) atoms. The van der Waals surface area contributed by atoms with Crippen LogP contribution in [-0.2, 0) is 0 Å². The van der Waals surface area contributed by atoms with Crippen molar-refractivity contribution in [2.24, 2.45) is 0 Å². The lowest BCUT2D eigenvalue weighted by Crippen LogP contribution is -2.10. The van der Waals surface area contributed by atoms with Crippen molar-refractivity contribution < 1.29 is 4.79 Å². The standard InChI is InChI=1S/C12H14ClNO/c1-9(14(2)3)8-12(15)10-4-6-11(13)7-5-10/h4-8H,1-3H3/b9-8-. The fourth-order valence-corrected chi connectivity index (χ4v) is 1.14. The quantitative estimate of drug-likeness (QED) is 0.580. The number of halogens is 1. The number of rotatable bonds is 3. The molecule has 0 aromatic heterocycles. The van der Waals surface area contributed by atoms with Gasteiger partial charge in [0.25, 0.3) is 0 Å². The maximum Gasteiger partial charge on any atom is 0.187 e. The average Bonchev–Trinajstić information content (AvgIpc) is 2.18. The van der Waals surface area contributed by atoms with Gasteiger partial charge in [-0.2, -0.15) is 0 Å². The summed E-state index contributed by atoms with van der Waals surface area (Å²) >= 11 is 5.74. The molecule has 0 aliphatic heterocycles. The number of benzene rings is 1. The molecule has 0 aliphatic carbocycles. The van der Waals surface area contributed by atoms with E-state index in [1.165, 1.54) is 0 Å². The largest absolute Gasteiger partial charge is 0.381 e. The molecule has 1 aromatic carbocycles. The van der Waals surface area contributed by atoms with Gasteiger partial charge in [0.2, 0.25) is 0 Å². The Bertz CT molecular complexity index is 379. The highest BCUT2D eigenvalue weighted by Crippen LogP contribution is 2.11. The van der Waals surface area contributed by atoms with Gasteiger partial charge in [0.1, 0.15) is 0 Å². The monoisotopic (exact) mass is 223 g/mol. The first-order chi connectivity index (χ1) is 7.00. The van der Waals surface area contributed by atoms with Gasteiger partial charge in [-0.3, -0.25) is 4.79 Å². The van der Waals surface area contributed by atoms with Crippen LogP contribution < -0.4 is 0 Å². The molecule has 0 unspecified atom stereocenters. The van der Waals surface area contributed by atoms with Gasteiger partial charge in [0.05, 0.1) is 0 Å². The molecule has 0 heterocycles. The number of hydrogen-bond donors (Lipinski definition) is 0. The SMILES string of the molecule is C/C(=C/C(=O)c1ccc(Cl)cc1)N(C)C. The summed E-state index contributed by atoms with van der Waals surface area (Å²) in [6, 6.07) is 6.88. The minimum atomic E-state index is -0.00198. The Morgan fingerprint density at radius 3 is 2.27 bits per heavy atom. The van der Waals surface area contributed by atoms with Gasteiger partial charge in [0.15, 0.2) is 5.78 Å². The van der Waals surface area contributed by atoms with Crippen molar-refractivity contribution in [3.63, 3.8) is 0 Å². The summed E-state index contributed by atoms with van der Waals surface area (Å²) in [6.45, 7) is 1.90. The molecule has 0 atom stereocenters. The first-order valence-corrected chi connectivity index (χ1v) is 5.04. The number of carbonyl (C=O) groups excluding carboxylic acids is 1. The van der Waals surface area contributed by atoms with Crippen molar-refractivity contribution in [1.82, 2.24) is 4.90 Å². The molecule has 0 spiro atoms. The van der Waals surface area contributed by atoms with E-state index in [9.17, 15) is 4.79 Å². The van der Waals surface area contributed by atoms with Gasteiger partial charge in [-0.1, -0.05) is 11.6 Å². The van der Waals surface area contributed by atoms with E-state index < -0.39 is 0 Å². The van der Waals surface area contributed by atoms with Crippen LogP contribution in [0.2, 0.25) is 5.02 Å². The van der Waals surface area contributed by atoms with Crippen LogP contribution in [0, 0.1) is 0 Å². The molecular formula is C12H14ClNO. The zero-order valence-electron chi connectivity index (χ0n) is 9.12. The fraction of sp³-hybridized carbons (Fsp3) is 0.250. The van der Waals surface area contributed by atoms with Crippen molar-refractivity contribution >= 4 is 17.4 Å². The molecule has 0 fully saturated rings. The Hall–Kier alpha value is -1.28. The fourth-order valence-electron chi connectivity index (χ4n) is 1.02. The third-order valence-electron chi connectivity index (χ3n) is 2.17. The summed E-state index contributed by atoms with van der Waals surface area (Å²) in [7, 11) is 3.81. The molecule has 80 valence electrons. The maximum absolute atomic E-state index is 11.7. The third kappa shape index (κ3) is 3.40. The lowest BCUT2D eigenvalue weighted by Gasteiger charge is -2.11. The lowest BCUT2D eigenvalue weighted by atomic mass is 10.1. The van der Waals surface area contributed by atoms with Crippen LogP contribution in [0.15, 0.2) is 36.0 Å². The van der Waals surface area contributed by atoms with Crippen LogP contribution in [0.3, 0.4) is 0 Å². The van der Waals surface area contributed by atoms with Crippen molar-refractivity contribution in [2.45, 2.75) is 6.92 Å². The van der Waals surface area contributed by atoms with Gasteiger partial charge in [-0.25, -0.2) is 0 Å². The van der Waals surface area contributed by atoms with Crippen LogP contribution in [-0.4, -0.2) is 24.8 Å². The summed E-state index contributed by atoms with van der Waals surface area (Å²) in [5, 5.41) is 0.639. The Labute approximate surface area is 95.2 Å². The van der Waals surface area contributed by atoms with Crippen molar-refractivity contribution in [3.8, 4) is 0 Å². The summed E-state index contributed by atoms with van der Waals surface area (Å²) in [4.78, 5) is 13.6. The highest BCUT2D eigenvalue weighted by atomic mass is 35.5. The van der Waals surface area contributed by atoms with Gasteiger partial charge >= 0.3 is 0 Å². The van der Waals surface area contributed by atoms with E-state index in [1.54, 1.807) is 30.3 Å². The van der Waals surface area contributed by atoms with E-state index in [0.717, 1.165) is 5.70 Å². The number of hydrogen-bond acceptors (Lipinski definition) is 2. The molecule has 0 radical (unpaired) electrons. The second-order valence-corrected chi connectivity index (χ2v) is 3.99. The molecule has 0 saturated carbocycles. The molecule has 0 saturated heterocycles. The smallest absolute Gasteiger partial charge is 0.187 e. The summed E-state index contributed by atoms with van der Waals surface area (Å²) < 4.78 is 0. The van der Waals surface area contributed by atoms with Gasteiger partial charge in [-0.05, 0) is 31.2 Å². The first kappa shape index (κ1) is 11.8. The average molecular weight is 224 g/mol. The van der Waals surface area contributed by atoms with Gasteiger partial charge < -0.3 is 4.90 Å². The molecule has 3 heteroatoms. The molecule has 0 N–H and O–H groups in total. The predicted molar refractivity (Wildman–Crippen MR) is 63.2 cm³/mol. The molecule has 1 rings (SSSR count).